The van der Waals surface area contributed by atoms with Gasteiger partial charge in [-0.1, -0.05) is 30.4 Å². The van der Waals surface area contributed by atoms with E-state index in [9.17, 15) is 0 Å². The highest BCUT2D eigenvalue weighted by Crippen LogP contribution is 2.15. The molecule has 1 fully saturated rings. The third-order valence-electron chi connectivity index (χ3n) is 3.16. The van der Waals surface area contributed by atoms with Gasteiger partial charge in [-0.2, -0.15) is 0 Å². The largest absolute Gasteiger partial charge is 0.369 e. The first-order chi connectivity index (χ1) is 8.40. The van der Waals surface area contributed by atoms with Crippen molar-refractivity contribution in [3.8, 4) is 0 Å². The molecule has 2 N–H and O–H groups in total. The van der Waals surface area contributed by atoms with Gasteiger partial charge in [0.15, 0.2) is 0 Å². The SMILES string of the molecule is NCC=CCN1CCN(c2ccccc2)CC1. The summed E-state index contributed by atoms with van der Waals surface area (Å²) in [7, 11) is 0. The highest BCUT2D eigenvalue weighted by molar-refractivity contribution is 5.46. The molecule has 1 aliphatic rings. The van der Waals surface area contributed by atoms with Crippen molar-refractivity contribution in [1.82, 2.24) is 4.90 Å². The molecule has 0 radical (unpaired) electrons. The van der Waals surface area contributed by atoms with E-state index in [1.807, 2.05) is 6.08 Å². The molecular formula is C14H21N3. The van der Waals surface area contributed by atoms with Crippen molar-refractivity contribution in [2.24, 2.45) is 5.73 Å². The fraction of sp³-hybridized carbons (Fsp3) is 0.429. The van der Waals surface area contributed by atoms with Gasteiger partial charge in [0.25, 0.3) is 0 Å². The molecular weight excluding hydrogens is 210 g/mol. The Kier molecular flexibility index (Phi) is 4.59. The summed E-state index contributed by atoms with van der Waals surface area (Å²) >= 11 is 0. The first-order valence-corrected chi connectivity index (χ1v) is 6.27. The summed E-state index contributed by atoms with van der Waals surface area (Å²) in [5.41, 5.74) is 6.77. The molecule has 0 aliphatic carbocycles. The Morgan fingerprint density at radius 1 is 1.00 bits per heavy atom. The monoisotopic (exact) mass is 231 g/mol. The highest BCUT2D eigenvalue weighted by atomic mass is 15.3. The second-order valence-electron chi connectivity index (χ2n) is 4.33. The van der Waals surface area contributed by atoms with Gasteiger partial charge in [-0.15, -0.1) is 0 Å². The summed E-state index contributed by atoms with van der Waals surface area (Å²) in [4.78, 5) is 4.91. The molecule has 0 saturated carbocycles. The second kappa shape index (κ2) is 6.42. The van der Waals surface area contributed by atoms with Crippen LogP contribution in [0.1, 0.15) is 0 Å². The number of hydrogen-bond acceptors (Lipinski definition) is 3. The van der Waals surface area contributed by atoms with E-state index in [2.05, 4.69) is 46.2 Å². The van der Waals surface area contributed by atoms with Crippen molar-refractivity contribution < 1.29 is 0 Å². The van der Waals surface area contributed by atoms with E-state index in [-0.39, 0.29) is 0 Å². The van der Waals surface area contributed by atoms with E-state index in [1.54, 1.807) is 0 Å². The fourth-order valence-corrected chi connectivity index (χ4v) is 2.15. The minimum Gasteiger partial charge on any atom is -0.369 e. The normalized spacial score (nSPS) is 17.8. The number of benzene rings is 1. The summed E-state index contributed by atoms with van der Waals surface area (Å²) in [6, 6.07) is 10.6. The molecule has 92 valence electrons. The van der Waals surface area contributed by atoms with Crippen LogP contribution in [0.4, 0.5) is 5.69 Å². The summed E-state index contributed by atoms with van der Waals surface area (Å²) in [6.07, 6.45) is 4.20. The summed E-state index contributed by atoms with van der Waals surface area (Å²) < 4.78 is 0. The summed E-state index contributed by atoms with van der Waals surface area (Å²) in [5.74, 6) is 0. The van der Waals surface area contributed by atoms with Crippen molar-refractivity contribution in [1.29, 1.82) is 0 Å². The van der Waals surface area contributed by atoms with Crippen LogP contribution in [0.3, 0.4) is 0 Å². The van der Waals surface area contributed by atoms with Crippen LogP contribution in [-0.4, -0.2) is 44.2 Å². The third kappa shape index (κ3) is 3.58. The number of hydrogen-bond donors (Lipinski definition) is 1. The van der Waals surface area contributed by atoms with Crippen molar-refractivity contribution >= 4 is 5.69 Å². The van der Waals surface area contributed by atoms with Crippen LogP contribution in [0, 0.1) is 0 Å². The number of nitrogens with zero attached hydrogens (tertiary/aromatic N) is 2. The predicted octanol–water partition coefficient (Wildman–Crippen LogP) is 1.32. The third-order valence-corrected chi connectivity index (χ3v) is 3.16. The molecule has 17 heavy (non-hydrogen) atoms. The average molecular weight is 231 g/mol. The van der Waals surface area contributed by atoms with E-state index in [0.29, 0.717) is 6.54 Å². The lowest BCUT2D eigenvalue weighted by Gasteiger charge is -2.35. The molecule has 0 spiro atoms. The lowest BCUT2D eigenvalue weighted by atomic mass is 10.2. The van der Waals surface area contributed by atoms with Gasteiger partial charge in [-0.05, 0) is 12.1 Å². The molecule has 0 unspecified atom stereocenters. The smallest absolute Gasteiger partial charge is 0.0367 e. The number of nitrogens with two attached hydrogens (primary N) is 1. The molecule has 1 aromatic carbocycles. The minimum atomic E-state index is 0.643. The maximum Gasteiger partial charge on any atom is 0.0367 e. The zero-order chi connectivity index (χ0) is 11.9. The molecule has 3 nitrogen and oxygen atoms in total. The lowest BCUT2D eigenvalue weighted by Crippen LogP contribution is -2.46. The number of piperazine rings is 1. The molecule has 1 aliphatic heterocycles. The van der Waals surface area contributed by atoms with E-state index in [1.165, 1.54) is 5.69 Å². The number of rotatable bonds is 4. The van der Waals surface area contributed by atoms with E-state index in [0.717, 1.165) is 32.7 Å². The van der Waals surface area contributed by atoms with Gasteiger partial charge in [-0.25, -0.2) is 0 Å². The molecule has 0 bridgehead atoms. The Morgan fingerprint density at radius 3 is 2.35 bits per heavy atom. The maximum atomic E-state index is 5.43. The van der Waals surface area contributed by atoms with Gasteiger partial charge < -0.3 is 10.6 Å². The number of anilines is 1. The Bertz CT molecular complexity index is 340. The van der Waals surface area contributed by atoms with Gasteiger partial charge in [0.2, 0.25) is 0 Å². The van der Waals surface area contributed by atoms with Gasteiger partial charge in [0.1, 0.15) is 0 Å². The minimum absolute atomic E-state index is 0.643. The summed E-state index contributed by atoms with van der Waals surface area (Å²) in [5, 5.41) is 0. The standard InChI is InChI=1S/C14H21N3/c15-8-4-5-9-16-10-12-17(13-11-16)14-6-2-1-3-7-14/h1-7H,8-13,15H2. The molecule has 2 rings (SSSR count). The zero-order valence-electron chi connectivity index (χ0n) is 10.3. The van der Waals surface area contributed by atoms with Crippen LogP contribution in [0.15, 0.2) is 42.5 Å². The molecule has 1 saturated heterocycles. The van der Waals surface area contributed by atoms with Crippen molar-refractivity contribution in [3.63, 3.8) is 0 Å². The van der Waals surface area contributed by atoms with Gasteiger partial charge >= 0.3 is 0 Å². The Labute approximate surface area is 104 Å². The van der Waals surface area contributed by atoms with Gasteiger partial charge in [0, 0.05) is 45.0 Å². The second-order valence-corrected chi connectivity index (χ2v) is 4.33. The van der Waals surface area contributed by atoms with Crippen molar-refractivity contribution in [2.45, 2.75) is 0 Å². The topological polar surface area (TPSA) is 32.5 Å². The first-order valence-electron chi connectivity index (χ1n) is 6.27. The Hall–Kier alpha value is -1.32. The van der Waals surface area contributed by atoms with Crippen LogP contribution in [-0.2, 0) is 0 Å². The molecule has 0 atom stereocenters. The van der Waals surface area contributed by atoms with Crippen LogP contribution in [0.5, 0.6) is 0 Å². The lowest BCUT2D eigenvalue weighted by molar-refractivity contribution is 0.284. The Morgan fingerprint density at radius 2 is 1.71 bits per heavy atom. The first kappa shape index (κ1) is 12.1. The molecule has 3 heteroatoms. The fourth-order valence-electron chi connectivity index (χ4n) is 2.15. The molecule has 1 heterocycles. The van der Waals surface area contributed by atoms with E-state index < -0.39 is 0 Å². The zero-order valence-corrected chi connectivity index (χ0v) is 10.3. The highest BCUT2D eigenvalue weighted by Gasteiger charge is 2.15. The van der Waals surface area contributed by atoms with Crippen molar-refractivity contribution in [3.05, 3.63) is 42.5 Å². The summed E-state index contributed by atoms with van der Waals surface area (Å²) in [6.45, 7) is 6.15. The predicted molar refractivity (Wildman–Crippen MR) is 73.3 cm³/mol. The van der Waals surface area contributed by atoms with Crippen LogP contribution in [0.25, 0.3) is 0 Å². The maximum absolute atomic E-state index is 5.43. The van der Waals surface area contributed by atoms with E-state index >= 15 is 0 Å². The van der Waals surface area contributed by atoms with Gasteiger partial charge in [0.05, 0.1) is 0 Å². The molecule has 0 amide bonds. The van der Waals surface area contributed by atoms with Gasteiger partial charge in [-0.3, -0.25) is 4.90 Å². The molecule has 1 aromatic rings. The van der Waals surface area contributed by atoms with Crippen LogP contribution >= 0.6 is 0 Å². The number of para-hydroxylation sites is 1. The van der Waals surface area contributed by atoms with Crippen LogP contribution in [0.2, 0.25) is 0 Å². The quantitative estimate of drug-likeness (QED) is 0.793. The molecule has 0 aromatic heterocycles. The van der Waals surface area contributed by atoms with E-state index in [4.69, 9.17) is 5.73 Å². The van der Waals surface area contributed by atoms with Crippen LogP contribution < -0.4 is 10.6 Å². The average Bonchev–Trinajstić information content (AvgIpc) is 2.41. The van der Waals surface area contributed by atoms with Crippen molar-refractivity contribution in [2.75, 3.05) is 44.2 Å². The Balaban J connectivity index is 1.80.